The average Bonchev–Trinajstić information content (AvgIpc) is 2.62. The maximum absolute atomic E-state index is 11.1. The van der Waals surface area contributed by atoms with Crippen LogP contribution in [0.3, 0.4) is 0 Å². The molecule has 10 nitrogen and oxygen atoms in total. The number of nitrogens with zero attached hydrogens (tertiary/aromatic N) is 2. The average molecular weight is 394 g/mol. The van der Waals surface area contributed by atoms with Crippen LogP contribution >= 0.6 is 0 Å². The van der Waals surface area contributed by atoms with Crippen molar-refractivity contribution >= 4 is 27.6 Å². The Hall–Kier alpha value is -3.15. The summed E-state index contributed by atoms with van der Waals surface area (Å²) in [6.07, 6.45) is 3.11. The molecule has 2 N–H and O–H groups in total. The minimum absolute atomic E-state index is 0.136. The summed E-state index contributed by atoms with van der Waals surface area (Å²) in [6, 6.07) is 11.1. The van der Waals surface area contributed by atoms with Crippen LogP contribution < -0.4 is 0 Å². The fourth-order valence-electron chi connectivity index (χ4n) is 2.42. The minimum atomic E-state index is -4.53. The summed E-state index contributed by atoms with van der Waals surface area (Å²) >= 11 is 0. The summed E-state index contributed by atoms with van der Waals surface area (Å²) in [6.45, 7) is 0. The fraction of sp³-hybridized carbons (Fsp3) is 0.125. The third kappa shape index (κ3) is 4.34. The second-order valence-electron chi connectivity index (χ2n) is 5.49. The summed E-state index contributed by atoms with van der Waals surface area (Å²) in [5, 5.41) is 30.3. The Labute approximate surface area is 153 Å². The molecule has 0 bridgehead atoms. The van der Waals surface area contributed by atoms with Crippen molar-refractivity contribution in [1.29, 1.82) is 0 Å². The SMILES string of the molecule is O=S(=O)(O)C1(O)CC=Cc2ccccc21.O=[N+]([O-])c1cccc([N+](=O)[O-])c1. The van der Waals surface area contributed by atoms with Crippen LogP contribution in [0.4, 0.5) is 11.4 Å². The fourth-order valence-corrected chi connectivity index (χ4v) is 3.19. The lowest BCUT2D eigenvalue weighted by Crippen LogP contribution is -2.36. The van der Waals surface area contributed by atoms with Crippen LogP contribution in [0.1, 0.15) is 17.5 Å². The Morgan fingerprint density at radius 3 is 2.04 bits per heavy atom. The van der Waals surface area contributed by atoms with Crippen LogP contribution in [-0.4, -0.2) is 27.9 Å². The number of fused-ring (bicyclic) bond motifs is 1. The van der Waals surface area contributed by atoms with Gasteiger partial charge in [0.2, 0.25) is 4.93 Å². The van der Waals surface area contributed by atoms with E-state index in [9.17, 15) is 33.8 Å². The third-order valence-electron chi connectivity index (χ3n) is 3.75. The molecule has 0 aliphatic heterocycles. The van der Waals surface area contributed by atoms with E-state index >= 15 is 0 Å². The maximum atomic E-state index is 11.1. The lowest BCUT2D eigenvalue weighted by atomic mass is 9.94. The molecule has 2 aromatic carbocycles. The van der Waals surface area contributed by atoms with Crippen LogP contribution in [-0.2, 0) is 15.1 Å². The number of hydrogen-bond donors (Lipinski definition) is 2. The Bertz CT molecular complexity index is 989. The van der Waals surface area contributed by atoms with Gasteiger partial charge in [-0.05, 0) is 11.6 Å². The molecule has 142 valence electrons. The van der Waals surface area contributed by atoms with Crippen LogP contribution in [0.2, 0.25) is 0 Å². The van der Waals surface area contributed by atoms with E-state index in [0.29, 0.717) is 5.56 Å². The molecule has 0 radical (unpaired) electrons. The van der Waals surface area contributed by atoms with E-state index in [1.165, 1.54) is 30.3 Å². The first kappa shape index (κ1) is 20.2. The molecule has 1 atom stereocenters. The predicted molar refractivity (Wildman–Crippen MR) is 95.3 cm³/mol. The largest absolute Gasteiger partial charge is 0.369 e. The topological polar surface area (TPSA) is 161 Å². The standard InChI is InChI=1S/C10H10O4S.C6H4N2O4/c11-10(15(12,13)14)7-3-5-8-4-1-2-6-9(8)10;9-7(10)5-2-1-3-6(4-5)8(11)12/h1-6,11H,7H2,(H,12,13,14);1-4H. The van der Waals surface area contributed by atoms with Crippen LogP contribution in [0, 0.1) is 20.2 Å². The molecular formula is C16H14N2O8S. The summed E-state index contributed by atoms with van der Waals surface area (Å²) in [5.74, 6) is 0. The van der Waals surface area contributed by atoms with Gasteiger partial charge in [0.05, 0.1) is 15.9 Å². The van der Waals surface area contributed by atoms with E-state index in [0.717, 1.165) is 6.07 Å². The van der Waals surface area contributed by atoms with Gasteiger partial charge in [-0.1, -0.05) is 36.4 Å². The van der Waals surface area contributed by atoms with Gasteiger partial charge in [0.25, 0.3) is 21.5 Å². The van der Waals surface area contributed by atoms with Crippen molar-refractivity contribution in [2.24, 2.45) is 0 Å². The van der Waals surface area contributed by atoms with Crippen LogP contribution in [0.5, 0.6) is 0 Å². The van der Waals surface area contributed by atoms with Crippen molar-refractivity contribution in [3.63, 3.8) is 0 Å². The van der Waals surface area contributed by atoms with E-state index < -0.39 is 24.9 Å². The van der Waals surface area contributed by atoms with Gasteiger partial charge in [-0.3, -0.25) is 24.8 Å². The molecule has 0 saturated heterocycles. The van der Waals surface area contributed by atoms with Gasteiger partial charge in [0.1, 0.15) is 0 Å². The Kier molecular flexibility index (Phi) is 5.69. The molecule has 0 fully saturated rings. The maximum Gasteiger partial charge on any atom is 0.299 e. The second kappa shape index (κ2) is 7.61. The van der Waals surface area contributed by atoms with Crippen molar-refractivity contribution in [2.45, 2.75) is 11.4 Å². The molecule has 0 amide bonds. The number of hydrogen-bond acceptors (Lipinski definition) is 7. The van der Waals surface area contributed by atoms with Gasteiger partial charge in [-0.2, -0.15) is 8.42 Å². The van der Waals surface area contributed by atoms with E-state index in [4.69, 9.17) is 4.55 Å². The van der Waals surface area contributed by atoms with E-state index in [1.807, 2.05) is 0 Å². The molecule has 0 saturated carbocycles. The zero-order chi connectivity index (χ0) is 20.2. The van der Waals surface area contributed by atoms with Crippen LogP contribution in [0.15, 0.2) is 54.6 Å². The van der Waals surface area contributed by atoms with E-state index in [1.54, 1.807) is 24.3 Å². The molecule has 27 heavy (non-hydrogen) atoms. The van der Waals surface area contributed by atoms with E-state index in [-0.39, 0.29) is 23.4 Å². The van der Waals surface area contributed by atoms with Crippen molar-refractivity contribution in [2.75, 3.05) is 0 Å². The summed E-state index contributed by atoms with van der Waals surface area (Å²) < 4.78 is 31.3. The normalized spacial score (nSPS) is 18.0. The summed E-state index contributed by atoms with van der Waals surface area (Å²) in [5.41, 5.74) is 0.271. The molecule has 1 aliphatic rings. The molecule has 2 aromatic rings. The van der Waals surface area contributed by atoms with Gasteiger partial charge in [-0.25, -0.2) is 0 Å². The van der Waals surface area contributed by atoms with Crippen molar-refractivity contribution in [3.8, 4) is 0 Å². The highest BCUT2D eigenvalue weighted by Crippen LogP contribution is 2.37. The first-order valence-corrected chi connectivity index (χ1v) is 8.84. The smallest absolute Gasteiger partial charge is 0.299 e. The predicted octanol–water partition coefficient (Wildman–Crippen LogP) is 2.64. The highest BCUT2D eigenvalue weighted by Gasteiger charge is 2.44. The molecule has 3 rings (SSSR count). The highest BCUT2D eigenvalue weighted by molar-refractivity contribution is 7.86. The first-order chi connectivity index (χ1) is 12.6. The van der Waals surface area contributed by atoms with E-state index in [2.05, 4.69) is 0 Å². The molecule has 0 spiro atoms. The molecular weight excluding hydrogens is 380 g/mol. The molecule has 11 heteroatoms. The third-order valence-corrected chi connectivity index (χ3v) is 4.99. The molecule has 0 heterocycles. The monoisotopic (exact) mass is 394 g/mol. The molecule has 1 unspecified atom stereocenters. The number of aliphatic hydroxyl groups is 1. The van der Waals surface area contributed by atoms with Gasteiger partial charge < -0.3 is 5.11 Å². The van der Waals surface area contributed by atoms with Gasteiger partial charge >= 0.3 is 0 Å². The lowest BCUT2D eigenvalue weighted by Gasteiger charge is -2.28. The molecule has 0 aromatic heterocycles. The quantitative estimate of drug-likeness (QED) is 0.456. The van der Waals surface area contributed by atoms with Crippen molar-refractivity contribution in [1.82, 2.24) is 0 Å². The van der Waals surface area contributed by atoms with Crippen molar-refractivity contribution in [3.05, 3.63) is 86.0 Å². The number of non-ortho nitro benzene ring substituents is 2. The first-order valence-electron chi connectivity index (χ1n) is 7.40. The number of rotatable bonds is 3. The summed E-state index contributed by atoms with van der Waals surface area (Å²) in [4.78, 5) is 16.8. The highest BCUT2D eigenvalue weighted by atomic mass is 32.2. The summed E-state index contributed by atoms with van der Waals surface area (Å²) in [7, 11) is -4.53. The molecule has 1 aliphatic carbocycles. The van der Waals surface area contributed by atoms with Gasteiger partial charge in [0.15, 0.2) is 0 Å². The minimum Gasteiger partial charge on any atom is -0.369 e. The zero-order valence-electron chi connectivity index (χ0n) is 13.6. The lowest BCUT2D eigenvalue weighted by molar-refractivity contribution is -0.394. The Balaban J connectivity index is 0.000000199. The Morgan fingerprint density at radius 1 is 0.963 bits per heavy atom. The number of benzene rings is 2. The second-order valence-corrected chi connectivity index (χ2v) is 7.11. The van der Waals surface area contributed by atoms with Gasteiger partial charge in [0, 0.05) is 24.1 Å². The Morgan fingerprint density at radius 2 is 1.52 bits per heavy atom. The number of nitro benzene ring substituents is 2. The van der Waals surface area contributed by atoms with Crippen LogP contribution in [0.25, 0.3) is 6.08 Å². The number of nitro groups is 2. The van der Waals surface area contributed by atoms with Crippen molar-refractivity contribution < 1.29 is 27.9 Å². The van der Waals surface area contributed by atoms with Gasteiger partial charge in [-0.15, -0.1) is 0 Å². The zero-order valence-corrected chi connectivity index (χ0v) is 14.4.